The van der Waals surface area contributed by atoms with Crippen molar-refractivity contribution in [2.75, 3.05) is 0 Å². The van der Waals surface area contributed by atoms with Crippen LogP contribution in [0.4, 0.5) is 5.69 Å². The third-order valence-electron chi connectivity index (χ3n) is 2.28. The van der Waals surface area contributed by atoms with Crippen LogP contribution in [-0.4, -0.2) is 5.84 Å². The van der Waals surface area contributed by atoms with Crippen LogP contribution in [0.15, 0.2) is 23.2 Å². The lowest BCUT2D eigenvalue weighted by Crippen LogP contribution is -2.31. The maximum atomic E-state index is 8.88. The first-order valence-corrected chi connectivity index (χ1v) is 4.41. The monoisotopic (exact) mass is 186 g/mol. The molecule has 0 radical (unpaired) electrons. The van der Waals surface area contributed by atoms with Gasteiger partial charge >= 0.3 is 0 Å². The number of hydrazine groups is 1. The van der Waals surface area contributed by atoms with Gasteiger partial charge in [0.15, 0.2) is 0 Å². The molecule has 0 atom stereocenters. The molecule has 1 heterocycles. The number of benzene rings is 1. The average Bonchev–Trinajstić information content (AvgIpc) is 2.27. The zero-order valence-corrected chi connectivity index (χ0v) is 7.62. The number of hydrogen-bond donors (Lipinski definition) is 2. The Morgan fingerprint density at radius 1 is 1.43 bits per heavy atom. The van der Waals surface area contributed by atoms with Crippen molar-refractivity contribution in [2.24, 2.45) is 10.8 Å². The van der Waals surface area contributed by atoms with E-state index in [0.29, 0.717) is 5.56 Å². The van der Waals surface area contributed by atoms with Gasteiger partial charge in [0.2, 0.25) is 0 Å². The second-order valence-corrected chi connectivity index (χ2v) is 3.13. The van der Waals surface area contributed by atoms with Crippen LogP contribution >= 0.6 is 0 Å². The molecule has 0 saturated heterocycles. The number of aryl methyl sites for hydroxylation is 1. The highest BCUT2D eigenvalue weighted by atomic mass is 15.3. The van der Waals surface area contributed by atoms with Crippen LogP contribution in [-0.2, 0) is 6.42 Å². The van der Waals surface area contributed by atoms with Crippen LogP contribution in [0.1, 0.15) is 17.5 Å². The predicted molar refractivity (Wildman–Crippen MR) is 53.9 cm³/mol. The Labute approximate surface area is 82.0 Å². The Hall–Kier alpha value is -1.86. The highest BCUT2D eigenvalue weighted by molar-refractivity contribution is 5.87. The van der Waals surface area contributed by atoms with Gasteiger partial charge in [-0.05, 0) is 18.1 Å². The first-order valence-electron chi connectivity index (χ1n) is 4.41. The van der Waals surface area contributed by atoms with Crippen molar-refractivity contribution in [2.45, 2.75) is 12.8 Å². The molecule has 0 fully saturated rings. The van der Waals surface area contributed by atoms with Crippen molar-refractivity contribution >= 4 is 11.5 Å². The van der Waals surface area contributed by atoms with Crippen LogP contribution in [0.3, 0.4) is 0 Å². The summed E-state index contributed by atoms with van der Waals surface area (Å²) >= 11 is 0. The minimum Gasteiger partial charge on any atom is -0.312 e. The van der Waals surface area contributed by atoms with Gasteiger partial charge < -0.3 is 5.43 Å². The molecule has 2 rings (SSSR count). The molecule has 1 aromatic rings. The molecule has 0 aliphatic carbocycles. The SMILES string of the molecule is N#Cc1cccc2c1N=C(NN)CC2. The Morgan fingerprint density at radius 3 is 3.00 bits per heavy atom. The molecule has 0 amide bonds. The Morgan fingerprint density at radius 2 is 2.29 bits per heavy atom. The fraction of sp³-hybridized carbons (Fsp3) is 0.200. The Kier molecular flexibility index (Phi) is 2.17. The van der Waals surface area contributed by atoms with E-state index in [1.54, 1.807) is 6.07 Å². The summed E-state index contributed by atoms with van der Waals surface area (Å²) in [6, 6.07) is 7.77. The zero-order valence-electron chi connectivity index (χ0n) is 7.62. The quantitative estimate of drug-likeness (QED) is 0.469. The summed E-state index contributed by atoms with van der Waals surface area (Å²) in [6.45, 7) is 0. The van der Waals surface area contributed by atoms with Gasteiger partial charge in [-0.25, -0.2) is 10.8 Å². The third kappa shape index (κ3) is 1.34. The fourth-order valence-electron chi connectivity index (χ4n) is 1.56. The maximum absolute atomic E-state index is 8.88. The van der Waals surface area contributed by atoms with Crippen LogP contribution in [0.25, 0.3) is 0 Å². The average molecular weight is 186 g/mol. The van der Waals surface area contributed by atoms with Crippen molar-refractivity contribution in [1.29, 1.82) is 5.26 Å². The van der Waals surface area contributed by atoms with E-state index in [2.05, 4.69) is 16.5 Å². The zero-order chi connectivity index (χ0) is 9.97. The van der Waals surface area contributed by atoms with Crippen molar-refractivity contribution in [1.82, 2.24) is 5.43 Å². The van der Waals surface area contributed by atoms with Crippen molar-refractivity contribution in [3.63, 3.8) is 0 Å². The lowest BCUT2D eigenvalue weighted by atomic mass is 10.0. The molecular formula is C10H10N4. The first kappa shape index (κ1) is 8.73. The number of para-hydroxylation sites is 1. The smallest absolute Gasteiger partial charge is 0.117 e. The van der Waals surface area contributed by atoms with Crippen molar-refractivity contribution in [3.05, 3.63) is 29.3 Å². The topological polar surface area (TPSA) is 74.2 Å². The number of aliphatic imine (C=N–C) groups is 1. The molecule has 1 aromatic carbocycles. The van der Waals surface area contributed by atoms with Gasteiger partial charge in [-0.15, -0.1) is 0 Å². The highest BCUT2D eigenvalue weighted by Gasteiger charge is 2.13. The first-order chi connectivity index (χ1) is 6.85. The molecule has 14 heavy (non-hydrogen) atoms. The van der Waals surface area contributed by atoms with Gasteiger partial charge in [0.05, 0.1) is 11.3 Å². The molecule has 70 valence electrons. The number of nitrogens with one attached hydrogen (secondary N) is 1. The molecule has 4 nitrogen and oxygen atoms in total. The molecular weight excluding hydrogens is 176 g/mol. The van der Waals surface area contributed by atoms with Gasteiger partial charge in [-0.1, -0.05) is 12.1 Å². The summed E-state index contributed by atoms with van der Waals surface area (Å²) in [5.41, 5.74) is 5.02. The Balaban J connectivity index is 2.55. The fourth-order valence-corrected chi connectivity index (χ4v) is 1.56. The van der Waals surface area contributed by atoms with Gasteiger partial charge in [0, 0.05) is 6.42 Å². The number of nitrogens with two attached hydrogens (primary N) is 1. The van der Waals surface area contributed by atoms with E-state index in [-0.39, 0.29) is 0 Å². The van der Waals surface area contributed by atoms with Crippen LogP contribution in [0.2, 0.25) is 0 Å². The van der Waals surface area contributed by atoms with E-state index in [9.17, 15) is 0 Å². The largest absolute Gasteiger partial charge is 0.312 e. The predicted octanol–water partition coefficient (Wildman–Crippen LogP) is 0.998. The van der Waals surface area contributed by atoms with E-state index in [1.165, 1.54) is 0 Å². The minimum atomic E-state index is 0.606. The second kappa shape index (κ2) is 3.48. The Bertz CT molecular complexity index is 428. The molecule has 4 heteroatoms. The molecule has 0 aromatic heterocycles. The lowest BCUT2D eigenvalue weighted by molar-refractivity contribution is 0.906. The summed E-state index contributed by atoms with van der Waals surface area (Å²) in [4.78, 5) is 4.29. The van der Waals surface area contributed by atoms with E-state index < -0.39 is 0 Å². The summed E-state index contributed by atoms with van der Waals surface area (Å²) < 4.78 is 0. The molecule has 3 N–H and O–H groups in total. The summed E-state index contributed by atoms with van der Waals surface area (Å²) in [5, 5.41) is 8.88. The molecule has 0 saturated carbocycles. The van der Waals surface area contributed by atoms with E-state index in [4.69, 9.17) is 11.1 Å². The molecule has 1 aliphatic heterocycles. The van der Waals surface area contributed by atoms with Gasteiger partial charge in [-0.2, -0.15) is 5.26 Å². The second-order valence-electron chi connectivity index (χ2n) is 3.13. The number of amidine groups is 1. The van der Waals surface area contributed by atoms with E-state index in [1.807, 2.05) is 12.1 Å². The normalized spacial score (nSPS) is 13.9. The van der Waals surface area contributed by atoms with Crippen LogP contribution < -0.4 is 11.3 Å². The molecule has 0 spiro atoms. The van der Waals surface area contributed by atoms with Gasteiger partial charge in [-0.3, -0.25) is 0 Å². The number of hydrogen-bond acceptors (Lipinski definition) is 4. The highest BCUT2D eigenvalue weighted by Crippen LogP contribution is 2.28. The number of rotatable bonds is 0. The van der Waals surface area contributed by atoms with E-state index in [0.717, 1.165) is 29.9 Å². The third-order valence-corrected chi connectivity index (χ3v) is 2.28. The van der Waals surface area contributed by atoms with Gasteiger partial charge in [0.1, 0.15) is 11.9 Å². The van der Waals surface area contributed by atoms with Gasteiger partial charge in [0.25, 0.3) is 0 Å². The summed E-state index contributed by atoms with van der Waals surface area (Å²) in [7, 11) is 0. The molecule has 0 unspecified atom stereocenters. The minimum absolute atomic E-state index is 0.606. The molecule has 1 aliphatic rings. The summed E-state index contributed by atoms with van der Waals surface area (Å²) in [5.74, 6) is 6.02. The van der Waals surface area contributed by atoms with Crippen molar-refractivity contribution < 1.29 is 0 Å². The van der Waals surface area contributed by atoms with Crippen molar-refractivity contribution in [3.8, 4) is 6.07 Å². The number of nitrogens with zero attached hydrogens (tertiary/aromatic N) is 2. The van der Waals surface area contributed by atoms with Crippen LogP contribution in [0, 0.1) is 11.3 Å². The van der Waals surface area contributed by atoms with E-state index >= 15 is 0 Å². The molecule has 0 bridgehead atoms. The number of fused-ring (bicyclic) bond motifs is 1. The number of nitriles is 1. The summed E-state index contributed by atoms with van der Waals surface area (Å²) in [6.07, 6.45) is 1.69. The maximum Gasteiger partial charge on any atom is 0.117 e. The standard InChI is InChI=1S/C10H10N4/c11-6-8-3-1-2-7-4-5-9(14-12)13-10(7)8/h1-3H,4-5,12H2,(H,13,14). The van der Waals surface area contributed by atoms with Crippen LogP contribution in [0.5, 0.6) is 0 Å². The lowest BCUT2D eigenvalue weighted by Gasteiger charge is -2.15.